The Bertz CT molecular complexity index is 1030. The summed E-state index contributed by atoms with van der Waals surface area (Å²) in [6.45, 7) is 3.08. The Balaban J connectivity index is 1.62. The van der Waals surface area contributed by atoms with Crippen LogP contribution in [0.1, 0.15) is 17.3 Å². The largest absolute Gasteiger partial charge is 0.494 e. The van der Waals surface area contributed by atoms with E-state index in [-0.39, 0.29) is 23.9 Å². The van der Waals surface area contributed by atoms with Gasteiger partial charge in [0.2, 0.25) is 5.88 Å². The highest BCUT2D eigenvalue weighted by Crippen LogP contribution is 2.19. The number of methoxy groups -OCH3 is 1. The number of ether oxygens (including phenoxy) is 2. The van der Waals surface area contributed by atoms with E-state index in [1.165, 1.54) is 24.1 Å². The lowest BCUT2D eigenvalue weighted by Crippen LogP contribution is -2.31. The molecule has 3 rings (SSSR count). The molecule has 0 saturated carbocycles. The predicted octanol–water partition coefficient (Wildman–Crippen LogP) is 2.14. The van der Waals surface area contributed by atoms with Crippen LogP contribution >= 0.6 is 0 Å². The highest BCUT2D eigenvalue weighted by molar-refractivity contribution is 5.96. The molecule has 0 atom stereocenters. The molecule has 8 heteroatoms. The number of pyridine rings is 1. The number of carbonyl (C=O) groups is 1. The van der Waals surface area contributed by atoms with Gasteiger partial charge in [0, 0.05) is 30.9 Å². The molecule has 150 valence electrons. The molecule has 1 N–H and O–H groups in total. The molecule has 3 aromatic rings. The van der Waals surface area contributed by atoms with Crippen molar-refractivity contribution in [3.63, 3.8) is 0 Å². The van der Waals surface area contributed by atoms with Crippen LogP contribution in [-0.4, -0.2) is 40.7 Å². The Morgan fingerprint density at radius 3 is 2.66 bits per heavy atom. The zero-order valence-corrected chi connectivity index (χ0v) is 16.3. The summed E-state index contributed by atoms with van der Waals surface area (Å²) in [6.07, 6.45) is 3.03. The van der Waals surface area contributed by atoms with E-state index in [4.69, 9.17) is 9.47 Å². The number of hydrogen-bond acceptors (Lipinski definition) is 6. The van der Waals surface area contributed by atoms with Gasteiger partial charge in [0.25, 0.3) is 11.5 Å². The monoisotopic (exact) mass is 394 g/mol. The van der Waals surface area contributed by atoms with Crippen LogP contribution in [0.5, 0.6) is 11.6 Å². The number of amides is 1. The van der Waals surface area contributed by atoms with Crippen LogP contribution in [0.2, 0.25) is 0 Å². The van der Waals surface area contributed by atoms with Crippen molar-refractivity contribution in [3.8, 4) is 22.9 Å². The van der Waals surface area contributed by atoms with E-state index in [1.807, 2.05) is 31.2 Å². The van der Waals surface area contributed by atoms with E-state index in [1.54, 1.807) is 18.3 Å². The average molecular weight is 394 g/mol. The van der Waals surface area contributed by atoms with E-state index in [9.17, 15) is 9.59 Å². The summed E-state index contributed by atoms with van der Waals surface area (Å²) in [5.74, 6) is 0.705. The van der Waals surface area contributed by atoms with Gasteiger partial charge in [-0.25, -0.2) is 9.97 Å². The van der Waals surface area contributed by atoms with Crippen molar-refractivity contribution < 1.29 is 14.3 Å². The number of hydrogen-bond donors (Lipinski definition) is 1. The first-order chi connectivity index (χ1) is 14.1. The maximum absolute atomic E-state index is 12.4. The summed E-state index contributed by atoms with van der Waals surface area (Å²) in [6, 6.07) is 12.2. The molecule has 2 aromatic heterocycles. The Hall–Kier alpha value is -3.68. The number of benzene rings is 1. The van der Waals surface area contributed by atoms with Gasteiger partial charge in [0.05, 0.1) is 25.7 Å². The minimum absolute atomic E-state index is 0.197. The van der Waals surface area contributed by atoms with Gasteiger partial charge in [0.15, 0.2) is 0 Å². The fourth-order valence-corrected chi connectivity index (χ4v) is 2.75. The number of aromatic nitrogens is 3. The zero-order valence-electron chi connectivity index (χ0n) is 16.3. The van der Waals surface area contributed by atoms with Crippen LogP contribution in [0.25, 0.3) is 11.3 Å². The molecular weight excluding hydrogens is 372 g/mol. The standard InChI is InChI=1S/C21H22N4O4/c1-3-29-16-8-6-15(7-9-16)18-13-19(26)25(14-24-18)12-11-22-20(27)17-5-4-10-23-21(17)28-2/h4-10,13-14H,3,11-12H2,1-2H3,(H,22,27). The zero-order chi connectivity index (χ0) is 20.6. The van der Waals surface area contributed by atoms with E-state index in [0.717, 1.165) is 11.3 Å². The second kappa shape index (κ2) is 9.50. The van der Waals surface area contributed by atoms with Crippen molar-refractivity contribution in [3.05, 3.63) is 70.9 Å². The van der Waals surface area contributed by atoms with E-state index < -0.39 is 0 Å². The minimum Gasteiger partial charge on any atom is -0.494 e. The molecule has 0 aliphatic carbocycles. The van der Waals surface area contributed by atoms with Gasteiger partial charge in [-0.15, -0.1) is 0 Å². The molecule has 29 heavy (non-hydrogen) atoms. The lowest BCUT2D eigenvalue weighted by Gasteiger charge is -2.10. The van der Waals surface area contributed by atoms with E-state index in [2.05, 4.69) is 15.3 Å². The van der Waals surface area contributed by atoms with Crippen LogP contribution in [0.4, 0.5) is 0 Å². The first-order valence-electron chi connectivity index (χ1n) is 9.19. The number of carbonyl (C=O) groups excluding carboxylic acids is 1. The second-order valence-corrected chi connectivity index (χ2v) is 6.08. The smallest absolute Gasteiger partial charge is 0.256 e. The molecule has 0 aliphatic rings. The molecular formula is C21H22N4O4. The summed E-state index contributed by atoms with van der Waals surface area (Å²) in [5, 5.41) is 2.75. The third-order valence-electron chi connectivity index (χ3n) is 4.19. The topological polar surface area (TPSA) is 95.3 Å². The Kier molecular flexibility index (Phi) is 6.57. The van der Waals surface area contributed by atoms with Gasteiger partial charge < -0.3 is 14.8 Å². The van der Waals surface area contributed by atoms with Crippen molar-refractivity contribution >= 4 is 5.91 Å². The van der Waals surface area contributed by atoms with Gasteiger partial charge in [-0.1, -0.05) is 0 Å². The molecule has 0 saturated heterocycles. The third kappa shape index (κ3) is 4.98. The van der Waals surface area contributed by atoms with Crippen LogP contribution < -0.4 is 20.3 Å². The molecule has 0 aliphatic heterocycles. The number of rotatable bonds is 8. The van der Waals surface area contributed by atoms with Crippen LogP contribution in [0, 0.1) is 0 Å². The summed E-state index contributed by atoms with van der Waals surface area (Å²) >= 11 is 0. The van der Waals surface area contributed by atoms with Gasteiger partial charge in [-0.05, 0) is 43.3 Å². The minimum atomic E-state index is -0.318. The van der Waals surface area contributed by atoms with E-state index in [0.29, 0.717) is 24.4 Å². The molecule has 2 heterocycles. The first kappa shape index (κ1) is 20.1. The fraction of sp³-hybridized carbons (Fsp3) is 0.238. The molecule has 1 amide bonds. The summed E-state index contributed by atoms with van der Waals surface area (Å²) in [5.41, 5.74) is 1.55. The normalized spacial score (nSPS) is 10.4. The molecule has 0 bridgehead atoms. The third-order valence-corrected chi connectivity index (χ3v) is 4.19. The second-order valence-electron chi connectivity index (χ2n) is 6.08. The summed E-state index contributed by atoms with van der Waals surface area (Å²) in [7, 11) is 1.45. The van der Waals surface area contributed by atoms with Gasteiger partial charge in [-0.2, -0.15) is 0 Å². The summed E-state index contributed by atoms with van der Waals surface area (Å²) in [4.78, 5) is 33.0. The lowest BCUT2D eigenvalue weighted by atomic mass is 10.1. The van der Waals surface area contributed by atoms with Crippen molar-refractivity contribution in [1.82, 2.24) is 19.9 Å². The van der Waals surface area contributed by atoms with Crippen molar-refractivity contribution in [2.75, 3.05) is 20.3 Å². The fourth-order valence-electron chi connectivity index (χ4n) is 2.75. The molecule has 0 radical (unpaired) electrons. The number of nitrogens with zero attached hydrogens (tertiary/aromatic N) is 3. The highest BCUT2D eigenvalue weighted by Gasteiger charge is 2.12. The number of nitrogens with one attached hydrogen (secondary N) is 1. The van der Waals surface area contributed by atoms with Crippen molar-refractivity contribution in [2.45, 2.75) is 13.5 Å². The molecule has 8 nitrogen and oxygen atoms in total. The van der Waals surface area contributed by atoms with Crippen LogP contribution in [0.3, 0.4) is 0 Å². The Morgan fingerprint density at radius 1 is 1.17 bits per heavy atom. The highest BCUT2D eigenvalue weighted by atomic mass is 16.5. The van der Waals surface area contributed by atoms with Crippen molar-refractivity contribution in [1.29, 1.82) is 0 Å². The predicted molar refractivity (Wildman–Crippen MR) is 108 cm³/mol. The molecule has 0 fully saturated rings. The van der Waals surface area contributed by atoms with Crippen LogP contribution in [-0.2, 0) is 6.54 Å². The van der Waals surface area contributed by atoms with E-state index >= 15 is 0 Å². The lowest BCUT2D eigenvalue weighted by molar-refractivity contribution is 0.0948. The quantitative estimate of drug-likeness (QED) is 0.629. The molecule has 1 aromatic carbocycles. The van der Waals surface area contributed by atoms with Crippen LogP contribution in [0.15, 0.2) is 59.8 Å². The maximum atomic E-state index is 12.4. The SMILES string of the molecule is CCOc1ccc(-c2cc(=O)n(CCNC(=O)c3cccnc3OC)cn2)cc1. The van der Waals surface area contributed by atoms with Gasteiger partial charge in [0.1, 0.15) is 11.3 Å². The Morgan fingerprint density at radius 2 is 1.97 bits per heavy atom. The first-order valence-corrected chi connectivity index (χ1v) is 9.19. The van der Waals surface area contributed by atoms with Gasteiger partial charge in [-0.3, -0.25) is 14.2 Å². The molecule has 0 spiro atoms. The summed E-state index contributed by atoms with van der Waals surface area (Å²) < 4.78 is 11.9. The average Bonchev–Trinajstić information content (AvgIpc) is 2.75. The Labute approximate surface area is 168 Å². The van der Waals surface area contributed by atoms with Gasteiger partial charge >= 0.3 is 0 Å². The molecule has 0 unspecified atom stereocenters. The van der Waals surface area contributed by atoms with Crippen molar-refractivity contribution in [2.24, 2.45) is 0 Å². The maximum Gasteiger partial charge on any atom is 0.256 e.